The Balaban J connectivity index is 1.17. The molecule has 11 heteroatoms. The fraction of sp³-hybridized carbons (Fsp3) is 0.296. The monoisotopic (exact) mass is 520 g/mol. The number of ether oxygens (including phenoxy) is 1. The first-order valence-corrected chi connectivity index (χ1v) is 12.4. The van der Waals surface area contributed by atoms with E-state index < -0.39 is 17.5 Å². The molecule has 1 aliphatic rings. The Bertz CT molecular complexity index is 1430. The molecular weight excluding hydrogens is 492 g/mol. The molecule has 4 aromatic rings. The van der Waals surface area contributed by atoms with Crippen LogP contribution < -0.4 is 15.4 Å². The average Bonchev–Trinajstić information content (AvgIpc) is 3.52. The molecule has 0 aliphatic carbocycles. The van der Waals surface area contributed by atoms with E-state index in [2.05, 4.69) is 37.5 Å². The van der Waals surface area contributed by atoms with Gasteiger partial charge in [0.05, 0.1) is 29.7 Å². The number of carbonyl (C=O) groups is 1. The second-order valence-corrected chi connectivity index (χ2v) is 9.14. The highest BCUT2D eigenvalue weighted by Crippen LogP contribution is 2.26. The van der Waals surface area contributed by atoms with Crippen LogP contribution in [0.3, 0.4) is 0 Å². The molecule has 5 rings (SSSR count). The Kier molecular flexibility index (Phi) is 7.73. The number of hydrogen-bond acceptors (Lipinski definition) is 7. The molecule has 0 bridgehead atoms. The van der Waals surface area contributed by atoms with Gasteiger partial charge < -0.3 is 20.3 Å². The predicted octanol–water partition coefficient (Wildman–Crippen LogP) is 4.55. The molecule has 1 saturated heterocycles. The van der Waals surface area contributed by atoms with Gasteiger partial charge in [-0.05, 0) is 57.0 Å². The van der Waals surface area contributed by atoms with Crippen LogP contribution in [-0.4, -0.2) is 56.3 Å². The van der Waals surface area contributed by atoms with E-state index in [-0.39, 0.29) is 12.2 Å². The van der Waals surface area contributed by atoms with E-state index in [9.17, 15) is 13.6 Å². The van der Waals surface area contributed by atoms with Gasteiger partial charge in [-0.15, -0.1) is 0 Å². The molecule has 9 nitrogen and oxygen atoms in total. The Morgan fingerprint density at radius 3 is 2.95 bits per heavy atom. The topological polar surface area (TPSA) is 97.2 Å². The Morgan fingerprint density at radius 1 is 1.21 bits per heavy atom. The number of amides is 1. The van der Waals surface area contributed by atoms with Crippen LogP contribution in [-0.2, 0) is 11.3 Å². The number of carbonyl (C=O) groups excluding carboxylic acids is 1. The average molecular weight is 521 g/mol. The number of aromatic nitrogens is 4. The zero-order valence-electron chi connectivity index (χ0n) is 20.7. The van der Waals surface area contributed by atoms with Gasteiger partial charge in [-0.2, -0.15) is 5.10 Å². The second-order valence-electron chi connectivity index (χ2n) is 9.14. The molecule has 0 saturated carbocycles. The molecule has 1 radical (unpaired) electrons. The maximum Gasteiger partial charge on any atom is 0.246 e. The third-order valence-electron chi connectivity index (χ3n) is 6.39. The molecule has 0 spiro atoms. The van der Waals surface area contributed by atoms with E-state index in [4.69, 9.17) is 4.74 Å². The molecule has 2 aromatic heterocycles. The quantitative estimate of drug-likeness (QED) is 0.296. The van der Waals surface area contributed by atoms with Crippen molar-refractivity contribution in [3.8, 4) is 5.75 Å². The Labute approximate surface area is 218 Å². The lowest BCUT2D eigenvalue weighted by molar-refractivity contribution is -0.116. The van der Waals surface area contributed by atoms with Gasteiger partial charge in [0, 0.05) is 30.2 Å². The predicted molar refractivity (Wildman–Crippen MR) is 140 cm³/mol. The summed E-state index contributed by atoms with van der Waals surface area (Å²) in [6.07, 6.45) is 7.92. The highest BCUT2D eigenvalue weighted by molar-refractivity contribution is 5.92. The van der Waals surface area contributed by atoms with Crippen LogP contribution in [0.4, 0.5) is 26.0 Å². The minimum Gasteiger partial charge on any atom is -0.493 e. The van der Waals surface area contributed by atoms with E-state index in [1.165, 1.54) is 35.8 Å². The van der Waals surface area contributed by atoms with E-state index in [0.29, 0.717) is 24.2 Å². The van der Waals surface area contributed by atoms with Gasteiger partial charge in [0.15, 0.2) is 11.6 Å². The summed E-state index contributed by atoms with van der Waals surface area (Å²) in [5.74, 6) is -1.38. The Hall–Kier alpha value is -4.12. The van der Waals surface area contributed by atoms with E-state index >= 15 is 0 Å². The summed E-state index contributed by atoms with van der Waals surface area (Å²) in [6, 6.07) is 9.65. The fourth-order valence-electron chi connectivity index (χ4n) is 4.46. The van der Waals surface area contributed by atoms with Crippen molar-refractivity contribution < 1.29 is 18.3 Å². The number of nitrogens with zero attached hydrogens (tertiary/aromatic N) is 5. The first kappa shape index (κ1) is 25.5. The number of benzene rings is 2. The second kappa shape index (κ2) is 11.5. The van der Waals surface area contributed by atoms with Crippen molar-refractivity contribution in [2.24, 2.45) is 0 Å². The number of likely N-dealkylation sites (tertiary alicyclic amines) is 1. The molecule has 197 valence electrons. The lowest BCUT2D eigenvalue weighted by Crippen LogP contribution is -2.28. The standard InChI is InChI=1S/C27H28F2N7O2/c1-18-5-3-10-35(18)11-4-12-38-20-8-9-21-24(13-20)30-17-31-27(21)33-19-14-32-36(15-19)16-25(37)34-23-7-2-6-22(28)26(23)29/h2,6-9,13-15,17-18H,1,3-5,10-12,16H2,(H,34,37)(H,30,31,33)/t18-/m0/s1. The van der Waals surface area contributed by atoms with Gasteiger partial charge in [-0.3, -0.25) is 9.48 Å². The summed E-state index contributed by atoms with van der Waals surface area (Å²) in [6.45, 7) is 6.70. The number of nitrogens with one attached hydrogen (secondary N) is 2. The minimum absolute atomic E-state index is 0.184. The number of rotatable bonds is 10. The largest absolute Gasteiger partial charge is 0.493 e. The van der Waals surface area contributed by atoms with Gasteiger partial charge in [-0.1, -0.05) is 6.07 Å². The number of halogens is 2. The van der Waals surface area contributed by atoms with Crippen molar-refractivity contribution in [1.82, 2.24) is 24.6 Å². The highest BCUT2D eigenvalue weighted by atomic mass is 19.2. The van der Waals surface area contributed by atoms with Crippen LogP contribution in [0.25, 0.3) is 10.9 Å². The summed E-state index contributed by atoms with van der Waals surface area (Å²) >= 11 is 0. The van der Waals surface area contributed by atoms with Crippen LogP contribution in [0.5, 0.6) is 5.75 Å². The van der Waals surface area contributed by atoms with Gasteiger partial charge in [0.2, 0.25) is 5.91 Å². The third kappa shape index (κ3) is 6.05. The molecule has 3 heterocycles. The number of fused-ring (bicyclic) bond motifs is 1. The molecule has 0 unspecified atom stereocenters. The summed E-state index contributed by atoms with van der Waals surface area (Å²) in [5, 5.41) is 10.5. The minimum atomic E-state index is -1.11. The van der Waals surface area contributed by atoms with E-state index in [0.717, 1.165) is 48.6 Å². The first-order valence-electron chi connectivity index (χ1n) is 12.4. The fourth-order valence-corrected chi connectivity index (χ4v) is 4.46. The molecule has 2 N–H and O–H groups in total. The van der Waals surface area contributed by atoms with E-state index in [1.807, 2.05) is 18.2 Å². The zero-order chi connectivity index (χ0) is 26.5. The summed E-state index contributed by atoms with van der Waals surface area (Å²) in [5.41, 5.74) is 1.09. The van der Waals surface area contributed by atoms with Crippen molar-refractivity contribution in [2.45, 2.75) is 31.8 Å². The number of anilines is 3. The lowest BCUT2D eigenvalue weighted by atomic mass is 10.2. The van der Waals surface area contributed by atoms with Crippen molar-refractivity contribution in [3.63, 3.8) is 0 Å². The maximum absolute atomic E-state index is 13.8. The molecule has 1 aliphatic heterocycles. The van der Waals surface area contributed by atoms with E-state index in [1.54, 1.807) is 6.20 Å². The van der Waals surface area contributed by atoms with Crippen molar-refractivity contribution in [3.05, 3.63) is 73.7 Å². The molecule has 1 amide bonds. The SMILES string of the molecule is [CH2][C@H]1CCCN1CCCOc1ccc2c(Nc3cnn(CC(=O)Nc4cccc(F)c4F)c3)ncnc2c1. The third-order valence-corrected chi connectivity index (χ3v) is 6.39. The molecule has 1 atom stereocenters. The normalized spacial score (nSPS) is 15.6. The van der Waals surface area contributed by atoms with Gasteiger partial charge in [0.25, 0.3) is 0 Å². The smallest absolute Gasteiger partial charge is 0.246 e. The van der Waals surface area contributed by atoms with Crippen LogP contribution in [0.15, 0.2) is 55.1 Å². The van der Waals surface area contributed by atoms with Gasteiger partial charge in [0.1, 0.15) is 24.4 Å². The van der Waals surface area contributed by atoms with Crippen LogP contribution in [0.2, 0.25) is 0 Å². The summed E-state index contributed by atoms with van der Waals surface area (Å²) in [7, 11) is 0. The molecule has 1 fully saturated rings. The highest BCUT2D eigenvalue weighted by Gasteiger charge is 2.19. The van der Waals surface area contributed by atoms with Crippen molar-refractivity contribution in [1.29, 1.82) is 0 Å². The van der Waals surface area contributed by atoms with Crippen molar-refractivity contribution in [2.75, 3.05) is 30.3 Å². The molecule has 2 aromatic carbocycles. The van der Waals surface area contributed by atoms with Gasteiger partial charge >= 0.3 is 0 Å². The van der Waals surface area contributed by atoms with Crippen LogP contribution in [0, 0.1) is 18.6 Å². The number of hydrogen-bond donors (Lipinski definition) is 2. The van der Waals surface area contributed by atoms with Crippen molar-refractivity contribution >= 4 is 34.0 Å². The first-order chi connectivity index (χ1) is 18.5. The van der Waals surface area contributed by atoms with Crippen LogP contribution >= 0.6 is 0 Å². The summed E-state index contributed by atoms with van der Waals surface area (Å²) < 4.78 is 34.5. The zero-order valence-corrected chi connectivity index (χ0v) is 20.7. The van der Waals surface area contributed by atoms with Gasteiger partial charge in [-0.25, -0.2) is 18.7 Å². The van der Waals surface area contributed by atoms with Crippen LogP contribution in [0.1, 0.15) is 19.3 Å². The Morgan fingerprint density at radius 2 is 2.11 bits per heavy atom. The maximum atomic E-state index is 13.8. The molecule has 38 heavy (non-hydrogen) atoms. The summed E-state index contributed by atoms with van der Waals surface area (Å²) in [4.78, 5) is 23.4. The lowest BCUT2D eigenvalue weighted by Gasteiger charge is -2.20. The molecular formula is C27H28F2N7O2.